The predicted octanol–water partition coefficient (Wildman–Crippen LogP) is 1.91. The first-order valence-corrected chi connectivity index (χ1v) is 5.46. The van der Waals surface area contributed by atoms with Gasteiger partial charge in [-0.1, -0.05) is 18.2 Å². The summed E-state index contributed by atoms with van der Waals surface area (Å²) < 4.78 is 18.5. The molecule has 1 fully saturated rings. The largest absolute Gasteiger partial charge is 0.362 e. The number of hydrogen-bond acceptors (Lipinski definition) is 2. The Kier molecular flexibility index (Phi) is 3.54. The van der Waals surface area contributed by atoms with E-state index in [0.29, 0.717) is 13.1 Å². The van der Waals surface area contributed by atoms with Crippen LogP contribution in [0.3, 0.4) is 0 Å². The molecule has 0 aromatic heterocycles. The average Bonchev–Trinajstić information content (AvgIpc) is 2.32. The first-order valence-electron chi connectivity index (χ1n) is 5.46. The van der Waals surface area contributed by atoms with Gasteiger partial charge in [-0.2, -0.15) is 0 Å². The van der Waals surface area contributed by atoms with Gasteiger partial charge in [0.1, 0.15) is 18.5 Å². The number of carbonyl (C=O) groups excluding carboxylic acids is 1. The minimum absolute atomic E-state index is 0.0367. The smallest absolute Gasteiger partial charge is 0.248 e. The molecule has 1 aliphatic heterocycles. The normalized spacial score (nSPS) is 20.4. The standard InChI is InChI=1S/C13H14FNO2/c1-2-6-15-8-12(17-9-13(15)16)10-4-3-5-11(14)7-10/h2-5,7,12H,1,6,8-9H2. The maximum atomic E-state index is 13.1. The molecular formula is C13H14FNO2. The topological polar surface area (TPSA) is 29.5 Å². The molecule has 1 atom stereocenters. The molecule has 0 saturated carbocycles. The Hall–Kier alpha value is -1.68. The zero-order valence-corrected chi connectivity index (χ0v) is 9.43. The number of rotatable bonds is 3. The lowest BCUT2D eigenvalue weighted by atomic mass is 10.1. The van der Waals surface area contributed by atoms with E-state index in [-0.39, 0.29) is 24.4 Å². The Morgan fingerprint density at radius 2 is 2.41 bits per heavy atom. The van der Waals surface area contributed by atoms with Gasteiger partial charge in [0.2, 0.25) is 5.91 Å². The monoisotopic (exact) mass is 235 g/mol. The highest BCUT2D eigenvalue weighted by atomic mass is 19.1. The quantitative estimate of drug-likeness (QED) is 0.749. The van der Waals surface area contributed by atoms with Gasteiger partial charge in [0, 0.05) is 6.54 Å². The highest BCUT2D eigenvalue weighted by Gasteiger charge is 2.26. The van der Waals surface area contributed by atoms with Gasteiger partial charge < -0.3 is 9.64 Å². The van der Waals surface area contributed by atoms with E-state index in [0.717, 1.165) is 5.56 Å². The number of nitrogens with zero attached hydrogens (tertiary/aromatic N) is 1. The predicted molar refractivity (Wildman–Crippen MR) is 61.9 cm³/mol. The van der Waals surface area contributed by atoms with Crippen molar-refractivity contribution in [3.8, 4) is 0 Å². The van der Waals surface area contributed by atoms with Crippen LogP contribution in [0, 0.1) is 5.82 Å². The third-order valence-electron chi connectivity index (χ3n) is 2.72. The highest BCUT2D eigenvalue weighted by molar-refractivity contribution is 5.78. The van der Waals surface area contributed by atoms with Crippen LogP contribution < -0.4 is 0 Å². The second-order valence-electron chi connectivity index (χ2n) is 3.94. The number of amides is 1. The fourth-order valence-corrected chi connectivity index (χ4v) is 1.86. The summed E-state index contributed by atoms with van der Waals surface area (Å²) in [6, 6.07) is 6.27. The molecule has 1 amide bonds. The van der Waals surface area contributed by atoms with Gasteiger partial charge in [0.15, 0.2) is 0 Å². The summed E-state index contributed by atoms with van der Waals surface area (Å²) in [5, 5.41) is 0. The van der Waals surface area contributed by atoms with Gasteiger partial charge >= 0.3 is 0 Å². The van der Waals surface area contributed by atoms with Crippen LogP contribution in [0.15, 0.2) is 36.9 Å². The first-order chi connectivity index (χ1) is 8.20. The number of carbonyl (C=O) groups is 1. The summed E-state index contributed by atoms with van der Waals surface area (Å²) in [5.74, 6) is -0.351. The van der Waals surface area contributed by atoms with Crippen molar-refractivity contribution in [1.29, 1.82) is 0 Å². The summed E-state index contributed by atoms with van der Waals surface area (Å²) >= 11 is 0. The molecule has 4 heteroatoms. The van der Waals surface area contributed by atoms with Gasteiger partial charge in [-0.3, -0.25) is 4.79 Å². The van der Waals surface area contributed by atoms with Gasteiger partial charge in [0.05, 0.1) is 6.54 Å². The second-order valence-corrected chi connectivity index (χ2v) is 3.94. The molecule has 1 aromatic carbocycles. The first kappa shape index (κ1) is 11.8. The summed E-state index contributed by atoms with van der Waals surface area (Å²) in [6.07, 6.45) is 1.41. The average molecular weight is 235 g/mol. The van der Waals surface area contributed by atoms with Crippen molar-refractivity contribution in [2.75, 3.05) is 19.7 Å². The molecule has 0 radical (unpaired) electrons. The molecule has 1 heterocycles. The van der Waals surface area contributed by atoms with Crippen LogP contribution in [-0.4, -0.2) is 30.5 Å². The van der Waals surface area contributed by atoms with Crippen LogP contribution in [0.25, 0.3) is 0 Å². The van der Waals surface area contributed by atoms with E-state index in [2.05, 4.69) is 6.58 Å². The van der Waals surface area contributed by atoms with Crippen LogP contribution in [0.4, 0.5) is 4.39 Å². The summed E-state index contributed by atoms with van der Waals surface area (Å²) in [7, 11) is 0. The fourth-order valence-electron chi connectivity index (χ4n) is 1.86. The van der Waals surface area contributed by atoms with E-state index in [4.69, 9.17) is 4.74 Å². The molecule has 0 N–H and O–H groups in total. The van der Waals surface area contributed by atoms with Crippen LogP contribution in [0.2, 0.25) is 0 Å². The fraction of sp³-hybridized carbons (Fsp3) is 0.308. The maximum absolute atomic E-state index is 13.1. The Labute approximate surface area is 99.5 Å². The van der Waals surface area contributed by atoms with Crippen LogP contribution in [0.5, 0.6) is 0 Å². The van der Waals surface area contributed by atoms with Crippen LogP contribution in [0.1, 0.15) is 11.7 Å². The number of halogens is 1. The number of benzene rings is 1. The van der Waals surface area contributed by atoms with E-state index in [1.807, 2.05) is 0 Å². The third-order valence-corrected chi connectivity index (χ3v) is 2.72. The van der Waals surface area contributed by atoms with E-state index in [9.17, 15) is 9.18 Å². The SMILES string of the molecule is C=CCN1CC(c2cccc(F)c2)OCC1=O. The highest BCUT2D eigenvalue weighted by Crippen LogP contribution is 2.23. The molecule has 17 heavy (non-hydrogen) atoms. The lowest BCUT2D eigenvalue weighted by Crippen LogP contribution is -2.43. The van der Waals surface area contributed by atoms with Gasteiger partial charge in [-0.15, -0.1) is 6.58 Å². The zero-order chi connectivity index (χ0) is 12.3. The Morgan fingerprint density at radius 3 is 3.12 bits per heavy atom. The molecule has 0 bridgehead atoms. The number of morpholine rings is 1. The second kappa shape index (κ2) is 5.10. The molecule has 3 nitrogen and oxygen atoms in total. The minimum atomic E-state index is -0.293. The number of ether oxygens (including phenoxy) is 1. The van der Waals surface area contributed by atoms with E-state index in [1.54, 1.807) is 23.1 Å². The Morgan fingerprint density at radius 1 is 1.59 bits per heavy atom. The van der Waals surface area contributed by atoms with Crippen molar-refractivity contribution in [1.82, 2.24) is 4.90 Å². The van der Waals surface area contributed by atoms with Crippen molar-refractivity contribution in [2.45, 2.75) is 6.10 Å². The van der Waals surface area contributed by atoms with E-state index in [1.165, 1.54) is 12.1 Å². The van der Waals surface area contributed by atoms with E-state index >= 15 is 0 Å². The molecule has 2 rings (SSSR count). The third kappa shape index (κ3) is 2.71. The van der Waals surface area contributed by atoms with Crippen molar-refractivity contribution < 1.29 is 13.9 Å². The van der Waals surface area contributed by atoms with Crippen LogP contribution in [-0.2, 0) is 9.53 Å². The Balaban J connectivity index is 2.12. The molecule has 1 saturated heterocycles. The van der Waals surface area contributed by atoms with Crippen molar-refractivity contribution in [2.24, 2.45) is 0 Å². The van der Waals surface area contributed by atoms with Crippen molar-refractivity contribution in [3.05, 3.63) is 48.3 Å². The van der Waals surface area contributed by atoms with Gasteiger partial charge in [-0.25, -0.2) is 4.39 Å². The molecule has 90 valence electrons. The molecule has 1 aromatic rings. The lowest BCUT2D eigenvalue weighted by Gasteiger charge is -2.32. The molecule has 1 unspecified atom stereocenters. The summed E-state index contributed by atoms with van der Waals surface area (Å²) in [6.45, 7) is 4.58. The Bertz CT molecular complexity index is 433. The molecular weight excluding hydrogens is 221 g/mol. The zero-order valence-electron chi connectivity index (χ0n) is 9.43. The van der Waals surface area contributed by atoms with Crippen molar-refractivity contribution >= 4 is 5.91 Å². The molecule has 0 aliphatic carbocycles. The minimum Gasteiger partial charge on any atom is -0.362 e. The molecule has 1 aliphatic rings. The van der Waals surface area contributed by atoms with Gasteiger partial charge in [-0.05, 0) is 17.7 Å². The number of hydrogen-bond donors (Lipinski definition) is 0. The summed E-state index contributed by atoms with van der Waals surface area (Å²) in [5.41, 5.74) is 0.756. The maximum Gasteiger partial charge on any atom is 0.248 e. The molecule has 0 spiro atoms. The van der Waals surface area contributed by atoms with Gasteiger partial charge in [0.25, 0.3) is 0 Å². The van der Waals surface area contributed by atoms with Crippen molar-refractivity contribution in [3.63, 3.8) is 0 Å². The van der Waals surface area contributed by atoms with Crippen LogP contribution >= 0.6 is 0 Å². The lowest BCUT2D eigenvalue weighted by molar-refractivity contribution is -0.148. The summed E-state index contributed by atoms with van der Waals surface area (Å²) in [4.78, 5) is 13.2. The van der Waals surface area contributed by atoms with E-state index < -0.39 is 0 Å².